The molecule has 1 amide bonds. The maximum Gasteiger partial charge on any atom is 0.254 e. The molecule has 1 aromatic heterocycles. The van der Waals surface area contributed by atoms with Crippen molar-refractivity contribution < 1.29 is 13.9 Å². The second-order valence-electron chi connectivity index (χ2n) is 3.88. The van der Waals surface area contributed by atoms with Crippen LogP contribution >= 0.6 is 11.6 Å². The molecule has 4 nitrogen and oxygen atoms in total. The van der Waals surface area contributed by atoms with Crippen LogP contribution in [0.1, 0.15) is 15.9 Å². The molecule has 1 aromatic carbocycles. The quantitative estimate of drug-likeness (QED) is 0.939. The Morgan fingerprint density at radius 1 is 1.42 bits per heavy atom. The Hall–Kier alpha value is -2.14. The molecule has 0 saturated heterocycles. The van der Waals surface area contributed by atoms with Gasteiger partial charge in [-0.1, -0.05) is 11.6 Å². The number of aryl methyl sites for hydroxylation is 1. The minimum atomic E-state index is -0.705. The van der Waals surface area contributed by atoms with E-state index in [1.807, 2.05) is 0 Å². The molecule has 6 heteroatoms. The van der Waals surface area contributed by atoms with Crippen LogP contribution < -0.4 is 10.5 Å². The van der Waals surface area contributed by atoms with Gasteiger partial charge in [-0.3, -0.25) is 4.79 Å². The van der Waals surface area contributed by atoms with Gasteiger partial charge in [0.2, 0.25) is 5.88 Å². The molecule has 0 aliphatic rings. The highest BCUT2D eigenvalue weighted by Crippen LogP contribution is 2.26. The summed E-state index contributed by atoms with van der Waals surface area (Å²) in [6.07, 6.45) is 1.33. The Morgan fingerprint density at radius 2 is 2.16 bits per heavy atom. The van der Waals surface area contributed by atoms with Crippen LogP contribution in [0.3, 0.4) is 0 Å². The monoisotopic (exact) mass is 280 g/mol. The van der Waals surface area contributed by atoms with Crippen LogP contribution in [0.5, 0.6) is 11.6 Å². The van der Waals surface area contributed by atoms with Crippen molar-refractivity contribution in [3.05, 3.63) is 52.4 Å². The van der Waals surface area contributed by atoms with Crippen LogP contribution in [-0.2, 0) is 0 Å². The first kappa shape index (κ1) is 13.3. The predicted octanol–water partition coefficient (Wildman–Crippen LogP) is 3.07. The lowest BCUT2D eigenvalue weighted by atomic mass is 10.2. The molecule has 2 aromatic rings. The number of primary amides is 1. The van der Waals surface area contributed by atoms with Crippen LogP contribution in [0, 0.1) is 12.7 Å². The fourth-order valence-electron chi connectivity index (χ4n) is 1.48. The van der Waals surface area contributed by atoms with E-state index < -0.39 is 5.91 Å². The van der Waals surface area contributed by atoms with Crippen LogP contribution in [0.4, 0.5) is 4.39 Å². The molecule has 2 N–H and O–H groups in total. The third kappa shape index (κ3) is 3.00. The molecule has 0 bridgehead atoms. The third-order valence-corrected chi connectivity index (χ3v) is 2.63. The van der Waals surface area contributed by atoms with Gasteiger partial charge >= 0.3 is 0 Å². The highest BCUT2D eigenvalue weighted by atomic mass is 35.5. The number of carbonyl (C=O) groups excluding carboxylic acids is 1. The van der Waals surface area contributed by atoms with E-state index in [9.17, 15) is 9.18 Å². The molecule has 0 atom stereocenters. The second-order valence-corrected chi connectivity index (χ2v) is 4.32. The largest absolute Gasteiger partial charge is 0.438 e. The first-order valence-electron chi connectivity index (χ1n) is 5.36. The predicted molar refractivity (Wildman–Crippen MR) is 69.0 cm³/mol. The zero-order valence-electron chi connectivity index (χ0n) is 9.98. The first-order valence-corrected chi connectivity index (χ1v) is 5.74. The first-order chi connectivity index (χ1) is 8.97. The van der Waals surface area contributed by atoms with Gasteiger partial charge in [0.15, 0.2) is 0 Å². The number of amides is 1. The average Bonchev–Trinajstić information content (AvgIpc) is 2.36. The van der Waals surface area contributed by atoms with Crippen molar-refractivity contribution in [2.24, 2.45) is 5.73 Å². The topological polar surface area (TPSA) is 65.2 Å². The van der Waals surface area contributed by atoms with Gasteiger partial charge in [-0.15, -0.1) is 0 Å². The number of pyridine rings is 1. The van der Waals surface area contributed by atoms with E-state index in [2.05, 4.69) is 4.98 Å². The highest BCUT2D eigenvalue weighted by Gasteiger charge is 2.13. The molecule has 0 fully saturated rings. The van der Waals surface area contributed by atoms with Gasteiger partial charge in [0.1, 0.15) is 17.1 Å². The van der Waals surface area contributed by atoms with Crippen LogP contribution in [0.2, 0.25) is 5.02 Å². The maximum atomic E-state index is 13.1. The average molecular weight is 281 g/mol. The van der Waals surface area contributed by atoms with E-state index in [1.165, 1.54) is 30.5 Å². The number of ether oxygens (including phenoxy) is 1. The lowest BCUT2D eigenvalue weighted by Gasteiger charge is -2.09. The van der Waals surface area contributed by atoms with Gasteiger partial charge in [-0.25, -0.2) is 9.37 Å². The normalized spacial score (nSPS) is 10.3. The molecule has 1 heterocycles. The number of hydrogen-bond donors (Lipinski definition) is 1. The molecule has 19 heavy (non-hydrogen) atoms. The molecular formula is C13H10ClFN2O2. The van der Waals surface area contributed by atoms with E-state index in [0.717, 1.165) is 0 Å². The summed E-state index contributed by atoms with van der Waals surface area (Å²) in [5, 5.41) is 0.274. The van der Waals surface area contributed by atoms with Crippen LogP contribution in [0.15, 0.2) is 30.5 Å². The summed E-state index contributed by atoms with van der Waals surface area (Å²) in [6, 6.07) is 5.56. The molecule has 2 rings (SSSR count). The van der Waals surface area contributed by atoms with Gasteiger partial charge in [-0.2, -0.15) is 0 Å². The van der Waals surface area contributed by atoms with Crippen molar-refractivity contribution in [2.75, 3.05) is 0 Å². The van der Waals surface area contributed by atoms with Gasteiger partial charge in [0.25, 0.3) is 5.91 Å². The second kappa shape index (κ2) is 5.24. The van der Waals surface area contributed by atoms with Crippen LogP contribution in [0.25, 0.3) is 0 Å². The number of nitrogens with zero attached hydrogens (tertiary/aromatic N) is 1. The third-order valence-electron chi connectivity index (χ3n) is 2.43. The van der Waals surface area contributed by atoms with Crippen LogP contribution in [-0.4, -0.2) is 10.9 Å². The zero-order valence-corrected chi connectivity index (χ0v) is 10.7. The van der Waals surface area contributed by atoms with Crippen molar-refractivity contribution in [2.45, 2.75) is 6.92 Å². The van der Waals surface area contributed by atoms with Gasteiger partial charge < -0.3 is 10.5 Å². The smallest absolute Gasteiger partial charge is 0.254 e. The number of rotatable bonds is 3. The number of carbonyl (C=O) groups is 1. The van der Waals surface area contributed by atoms with Gasteiger partial charge in [0.05, 0.1) is 5.02 Å². The number of benzene rings is 1. The van der Waals surface area contributed by atoms with Crippen molar-refractivity contribution in [3.8, 4) is 11.6 Å². The fourth-order valence-corrected chi connectivity index (χ4v) is 1.63. The molecular weight excluding hydrogens is 271 g/mol. The summed E-state index contributed by atoms with van der Waals surface area (Å²) in [5.41, 5.74) is 5.70. The molecule has 0 spiro atoms. The zero-order chi connectivity index (χ0) is 14.0. The molecule has 98 valence electrons. The van der Waals surface area contributed by atoms with Crippen molar-refractivity contribution in [1.82, 2.24) is 4.98 Å². The van der Waals surface area contributed by atoms with Gasteiger partial charge in [0, 0.05) is 6.20 Å². The summed E-state index contributed by atoms with van der Waals surface area (Å²) in [5.74, 6) is -0.658. The standard InChI is InChI=1S/C13H10ClFN2O2/c1-7-4-9(2-3-11(7)15)19-13-10(12(16)18)5-8(14)6-17-13/h2-6H,1H3,(H2,16,18). The van der Waals surface area contributed by atoms with Crippen molar-refractivity contribution >= 4 is 17.5 Å². The summed E-state index contributed by atoms with van der Waals surface area (Å²) < 4.78 is 18.6. The molecule has 0 unspecified atom stereocenters. The summed E-state index contributed by atoms with van der Waals surface area (Å²) >= 11 is 5.73. The summed E-state index contributed by atoms with van der Waals surface area (Å²) in [4.78, 5) is 15.2. The maximum absolute atomic E-state index is 13.1. The summed E-state index contributed by atoms with van der Waals surface area (Å²) in [7, 11) is 0. The lowest BCUT2D eigenvalue weighted by Crippen LogP contribution is -2.13. The Bertz CT molecular complexity index is 647. The number of nitrogens with two attached hydrogens (primary N) is 1. The lowest BCUT2D eigenvalue weighted by molar-refractivity contribution is 0.0997. The highest BCUT2D eigenvalue weighted by molar-refractivity contribution is 6.30. The van der Waals surface area contributed by atoms with E-state index in [0.29, 0.717) is 11.3 Å². The SMILES string of the molecule is Cc1cc(Oc2ncc(Cl)cc2C(N)=O)ccc1F. The fraction of sp³-hybridized carbons (Fsp3) is 0.0769. The molecule has 0 saturated carbocycles. The van der Waals surface area contributed by atoms with Gasteiger partial charge in [-0.05, 0) is 36.8 Å². The Morgan fingerprint density at radius 3 is 2.79 bits per heavy atom. The molecule has 0 radical (unpaired) electrons. The summed E-state index contributed by atoms with van der Waals surface area (Å²) in [6.45, 7) is 1.60. The Kier molecular flexibility index (Phi) is 3.66. The van der Waals surface area contributed by atoms with E-state index in [4.69, 9.17) is 22.1 Å². The molecule has 0 aliphatic carbocycles. The molecule has 0 aliphatic heterocycles. The van der Waals surface area contributed by atoms with Crippen molar-refractivity contribution in [1.29, 1.82) is 0 Å². The number of aromatic nitrogens is 1. The number of hydrogen-bond acceptors (Lipinski definition) is 3. The minimum absolute atomic E-state index is 0.0305. The number of halogens is 2. The van der Waals surface area contributed by atoms with Crippen molar-refractivity contribution in [3.63, 3.8) is 0 Å². The Labute approximate surface area is 114 Å². The van der Waals surface area contributed by atoms with E-state index in [-0.39, 0.29) is 22.3 Å². The van der Waals surface area contributed by atoms with E-state index in [1.54, 1.807) is 6.92 Å². The Balaban J connectivity index is 2.37. The minimum Gasteiger partial charge on any atom is -0.438 e. The van der Waals surface area contributed by atoms with E-state index >= 15 is 0 Å².